The summed E-state index contributed by atoms with van der Waals surface area (Å²) >= 11 is 0. The molecular weight excluding hydrogens is 287 g/mol. The van der Waals surface area contributed by atoms with E-state index in [9.17, 15) is 0 Å². The average Bonchev–Trinajstić information content (AvgIpc) is 1.76. The molecule has 0 aromatic rings. The Morgan fingerprint density at radius 3 is 0.611 bits per heavy atom. The first kappa shape index (κ1) is 36.2. The van der Waals surface area contributed by atoms with Crippen molar-refractivity contribution >= 4 is 61.6 Å². The molecule has 0 bridgehead atoms. The van der Waals surface area contributed by atoms with Crippen LogP contribution in [0.2, 0.25) is 0 Å². The molecule has 102 valence electrons. The van der Waals surface area contributed by atoms with Crippen molar-refractivity contribution in [3.8, 4) is 0 Å². The van der Waals surface area contributed by atoms with Crippen LogP contribution in [-0.2, 0) is 19.2 Å². The van der Waals surface area contributed by atoms with Crippen molar-refractivity contribution in [3.05, 3.63) is 0 Å². The molecule has 0 aromatic heterocycles. The summed E-state index contributed by atoms with van der Waals surface area (Å²) in [7, 11) is 0. The Morgan fingerprint density at radius 1 is 0.611 bits per heavy atom. The molecule has 0 aliphatic heterocycles. The predicted octanol–water partition coefficient (Wildman–Crippen LogP) is -2.68. The van der Waals surface area contributed by atoms with Gasteiger partial charge in [-0.05, 0) is 0 Å². The Labute approximate surface area is 161 Å². The van der Waals surface area contributed by atoms with E-state index in [-0.39, 0.29) is 71.6 Å². The van der Waals surface area contributed by atoms with Gasteiger partial charge in [0.2, 0.25) is 0 Å². The second kappa shape index (κ2) is 30.3. The van der Waals surface area contributed by atoms with Crippen molar-refractivity contribution in [2.45, 2.75) is 27.7 Å². The van der Waals surface area contributed by atoms with Gasteiger partial charge in [0.15, 0.2) is 0 Å². The molecule has 0 saturated carbocycles. The van der Waals surface area contributed by atoms with Crippen molar-refractivity contribution in [1.82, 2.24) is 0 Å². The molecule has 8 nitrogen and oxygen atoms in total. The van der Waals surface area contributed by atoms with Crippen LogP contribution in [0.4, 0.5) is 0 Å². The van der Waals surface area contributed by atoms with E-state index in [2.05, 4.69) is 0 Å². The molecule has 4 N–H and O–H groups in total. The number of carboxylic acids is 4. The van der Waals surface area contributed by atoms with E-state index in [0.29, 0.717) is 0 Å². The molecule has 0 atom stereocenters. The van der Waals surface area contributed by atoms with E-state index >= 15 is 0 Å². The molecular formula is C8H19CaNaO8. The first-order valence-electron chi connectivity index (χ1n) is 3.71. The van der Waals surface area contributed by atoms with E-state index in [0.717, 1.165) is 27.7 Å². The molecule has 0 heterocycles. The van der Waals surface area contributed by atoms with E-state index in [1.54, 1.807) is 0 Å². The number of carbonyl (C=O) groups is 4. The summed E-state index contributed by atoms with van der Waals surface area (Å²) in [4.78, 5) is 36.0. The van der Waals surface area contributed by atoms with Crippen LogP contribution in [0.5, 0.6) is 0 Å². The van der Waals surface area contributed by atoms with Crippen LogP contribution in [0.25, 0.3) is 0 Å². The standard InChI is InChI=1S/4C2H4O2.Ca.Na.3H/c4*1-2(3)4;;;;;/h4*1H3,(H,3,4);;;;;/q;;;;+2;+1;3*-1. The fourth-order valence-corrected chi connectivity index (χ4v) is 0. The summed E-state index contributed by atoms with van der Waals surface area (Å²) in [5.41, 5.74) is 0. The maximum absolute atomic E-state index is 9.00. The topological polar surface area (TPSA) is 149 Å². The maximum atomic E-state index is 9.00. The summed E-state index contributed by atoms with van der Waals surface area (Å²) in [5.74, 6) is -3.33. The fraction of sp³-hybridized carbons (Fsp3) is 0.500. The van der Waals surface area contributed by atoms with Crippen molar-refractivity contribution in [2.24, 2.45) is 0 Å². The van der Waals surface area contributed by atoms with Gasteiger partial charge in [-0.25, -0.2) is 0 Å². The van der Waals surface area contributed by atoms with Crippen LogP contribution in [-0.4, -0.2) is 82.0 Å². The number of aliphatic carboxylic acids is 4. The molecule has 0 aliphatic rings. The largest absolute Gasteiger partial charge is 2.00 e. The monoisotopic (exact) mass is 306 g/mol. The molecule has 0 saturated heterocycles. The van der Waals surface area contributed by atoms with Gasteiger partial charge in [0.1, 0.15) is 0 Å². The molecule has 0 radical (unpaired) electrons. The third-order valence-electron chi connectivity index (χ3n) is 0. The van der Waals surface area contributed by atoms with Gasteiger partial charge >= 0.3 is 67.3 Å². The fourth-order valence-electron chi connectivity index (χ4n) is 0. The van der Waals surface area contributed by atoms with Gasteiger partial charge in [0.05, 0.1) is 0 Å². The molecule has 0 fully saturated rings. The Hall–Kier alpha value is 0.140. The molecule has 0 aromatic carbocycles. The Morgan fingerprint density at radius 2 is 0.611 bits per heavy atom. The zero-order valence-electron chi connectivity index (χ0n) is 14.1. The van der Waals surface area contributed by atoms with E-state index in [1.165, 1.54) is 0 Å². The Bertz CT molecular complexity index is 180. The predicted molar refractivity (Wildman–Crippen MR) is 62.3 cm³/mol. The molecule has 0 amide bonds. The van der Waals surface area contributed by atoms with Crippen molar-refractivity contribution in [3.63, 3.8) is 0 Å². The van der Waals surface area contributed by atoms with Crippen LogP contribution in [0.15, 0.2) is 0 Å². The quantitative estimate of drug-likeness (QED) is 0.354. The smallest absolute Gasteiger partial charge is 1.00 e. The van der Waals surface area contributed by atoms with Gasteiger partial charge in [0, 0.05) is 27.7 Å². The van der Waals surface area contributed by atoms with Crippen LogP contribution >= 0.6 is 0 Å². The van der Waals surface area contributed by atoms with Gasteiger partial charge in [-0.2, -0.15) is 0 Å². The molecule has 0 spiro atoms. The van der Waals surface area contributed by atoms with Crippen LogP contribution in [0, 0.1) is 0 Å². The van der Waals surface area contributed by atoms with Gasteiger partial charge < -0.3 is 24.7 Å². The Balaban J connectivity index is -0.0000000121. The minimum atomic E-state index is -0.833. The van der Waals surface area contributed by atoms with Gasteiger partial charge in [0.25, 0.3) is 23.9 Å². The Kier molecular flexibility index (Phi) is 60.9. The molecule has 18 heavy (non-hydrogen) atoms. The van der Waals surface area contributed by atoms with Crippen molar-refractivity contribution < 1.29 is 73.4 Å². The van der Waals surface area contributed by atoms with Crippen LogP contribution < -0.4 is 29.6 Å². The molecule has 10 heteroatoms. The SMILES string of the molecule is CC(=O)O.CC(=O)O.CC(=O)O.CC(=O)O.[Ca+2].[H-].[H-].[H-].[Na+]. The van der Waals surface area contributed by atoms with Crippen LogP contribution in [0.1, 0.15) is 32.0 Å². The van der Waals surface area contributed by atoms with Crippen molar-refractivity contribution in [2.75, 3.05) is 0 Å². The minimum absolute atomic E-state index is 0. The molecule has 0 rings (SSSR count). The van der Waals surface area contributed by atoms with Crippen LogP contribution in [0.3, 0.4) is 0 Å². The zero-order chi connectivity index (χ0) is 14.3. The number of carboxylic acid groups (broad SMARTS) is 4. The molecule has 0 aliphatic carbocycles. The van der Waals surface area contributed by atoms with Gasteiger partial charge in [-0.15, -0.1) is 0 Å². The summed E-state index contributed by atoms with van der Waals surface area (Å²) < 4.78 is 0. The third kappa shape index (κ3) is 189000. The van der Waals surface area contributed by atoms with E-state index in [4.69, 9.17) is 39.6 Å². The second-order valence-corrected chi connectivity index (χ2v) is 2.08. The minimum Gasteiger partial charge on any atom is -1.00 e. The zero-order valence-corrected chi connectivity index (χ0v) is 15.3. The second-order valence-electron chi connectivity index (χ2n) is 2.08. The van der Waals surface area contributed by atoms with E-state index in [1.807, 2.05) is 0 Å². The van der Waals surface area contributed by atoms with Gasteiger partial charge in [-0.3, -0.25) is 19.2 Å². The van der Waals surface area contributed by atoms with E-state index < -0.39 is 23.9 Å². The maximum Gasteiger partial charge on any atom is 2.00 e. The third-order valence-corrected chi connectivity index (χ3v) is 0. The summed E-state index contributed by atoms with van der Waals surface area (Å²) in [5, 5.41) is 29.7. The molecule has 0 unspecified atom stereocenters. The van der Waals surface area contributed by atoms with Crippen molar-refractivity contribution in [1.29, 1.82) is 0 Å². The number of rotatable bonds is 0. The normalized spacial score (nSPS) is 5.56. The first-order valence-corrected chi connectivity index (χ1v) is 3.71. The summed E-state index contributed by atoms with van der Waals surface area (Å²) in [6, 6.07) is 0. The average molecular weight is 306 g/mol. The first-order chi connectivity index (χ1) is 6.93. The summed E-state index contributed by atoms with van der Waals surface area (Å²) in [6.07, 6.45) is 0. The van der Waals surface area contributed by atoms with Gasteiger partial charge in [-0.1, -0.05) is 0 Å². The number of hydrogen-bond acceptors (Lipinski definition) is 4. The number of hydrogen-bond donors (Lipinski definition) is 4. The summed E-state index contributed by atoms with van der Waals surface area (Å²) in [6.45, 7) is 4.33.